The molecule has 19 heavy (non-hydrogen) atoms. The van der Waals surface area contributed by atoms with Crippen molar-refractivity contribution < 1.29 is 5.11 Å². The van der Waals surface area contributed by atoms with Gasteiger partial charge in [0.25, 0.3) is 5.56 Å². The molecule has 0 saturated heterocycles. The highest BCUT2D eigenvalue weighted by Crippen LogP contribution is 2.24. The third-order valence-corrected chi connectivity index (χ3v) is 3.78. The van der Waals surface area contributed by atoms with Crippen LogP contribution >= 0.6 is 0 Å². The second-order valence-electron chi connectivity index (χ2n) is 5.07. The summed E-state index contributed by atoms with van der Waals surface area (Å²) in [5.41, 5.74) is 4.89. The van der Waals surface area contributed by atoms with Crippen LogP contribution in [0, 0.1) is 5.92 Å². The molecule has 2 atom stereocenters. The maximum absolute atomic E-state index is 11.7. The average Bonchev–Trinajstić information content (AvgIpc) is 2.38. The molecule has 2 unspecified atom stereocenters. The largest absolute Gasteiger partial charge is 0.393 e. The summed E-state index contributed by atoms with van der Waals surface area (Å²) < 4.78 is 1.18. The van der Waals surface area contributed by atoms with Gasteiger partial charge in [-0.2, -0.15) is 0 Å². The van der Waals surface area contributed by atoms with Gasteiger partial charge in [-0.25, -0.2) is 4.79 Å². The number of nitrogen functional groups attached to an aromatic ring is 1. The number of aromatic nitrogens is 2. The van der Waals surface area contributed by atoms with Crippen LogP contribution in [0.4, 0.5) is 11.5 Å². The van der Waals surface area contributed by atoms with Crippen LogP contribution in [0.3, 0.4) is 0 Å². The predicted molar refractivity (Wildman–Crippen MR) is 73.2 cm³/mol. The van der Waals surface area contributed by atoms with Crippen molar-refractivity contribution in [1.29, 1.82) is 0 Å². The SMILES string of the molecule is Cn1c(N)c(NCC2CCCCC2O)c(=O)[nH]c1=O. The topological polar surface area (TPSA) is 113 Å². The van der Waals surface area contributed by atoms with E-state index in [1.54, 1.807) is 0 Å². The summed E-state index contributed by atoms with van der Waals surface area (Å²) in [5.74, 6) is 0.226. The molecule has 1 aliphatic carbocycles. The van der Waals surface area contributed by atoms with E-state index in [-0.39, 0.29) is 23.5 Å². The number of anilines is 2. The van der Waals surface area contributed by atoms with Gasteiger partial charge in [0.15, 0.2) is 0 Å². The number of aliphatic hydroxyl groups is 1. The summed E-state index contributed by atoms with van der Waals surface area (Å²) >= 11 is 0. The first-order valence-corrected chi connectivity index (χ1v) is 6.51. The third kappa shape index (κ3) is 2.81. The van der Waals surface area contributed by atoms with Crippen molar-refractivity contribution in [3.8, 4) is 0 Å². The number of H-pyrrole nitrogens is 1. The molecule has 0 spiro atoms. The van der Waals surface area contributed by atoms with Gasteiger partial charge in [-0.15, -0.1) is 0 Å². The normalized spacial score (nSPS) is 23.3. The summed E-state index contributed by atoms with van der Waals surface area (Å²) in [6, 6.07) is 0. The molecule has 2 rings (SSSR count). The van der Waals surface area contributed by atoms with Crippen LogP contribution in [-0.4, -0.2) is 27.3 Å². The fraction of sp³-hybridized carbons (Fsp3) is 0.667. The number of nitrogens with zero attached hydrogens (tertiary/aromatic N) is 1. The summed E-state index contributed by atoms with van der Waals surface area (Å²) in [6.07, 6.45) is 3.51. The zero-order chi connectivity index (χ0) is 14.0. The first-order chi connectivity index (χ1) is 9.00. The number of nitrogens with one attached hydrogen (secondary N) is 2. The number of aliphatic hydroxyl groups excluding tert-OH is 1. The minimum atomic E-state index is -0.536. The molecule has 1 aromatic rings. The van der Waals surface area contributed by atoms with E-state index >= 15 is 0 Å². The van der Waals surface area contributed by atoms with Gasteiger partial charge in [0.05, 0.1) is 6.10 Å². The van der Waals surface area contributed by atoms with E-state index in [1.165, 1.54) is 11.6 Å². The Morgan fingerprint density at radius 1 is 1.42 bits per heavy atom. The zero-order valence-electron chi connectivity index (χ0n) is 11.0. The maximum atomic E-state index is 11.7. The molecule has 0 aliphatic heterocycles. The third-order valence-electron chi connectivity index (χ3n) is 3.78. The monoisotopic (exact) mass is 268 g/mol. The molecule has 0 radical (unpaired) electrons. The molecule has 7 heteroatoms. The van der Waals surface area contributed by atoms with Crippen LogP contribution in [0.2, 0.25) is 0 Å². The van der Waals surface area contributed by atoms with Crippen molar-refractivity contribution in [1.82, 2.24) is 9.55 Å². The molecule has 1 saturated carbocycles. The lowest BCUT2D eigenvalue weighted by Crippen LogP contribution is -2.35. The summed E-state index contributed by atoms with van der Waals surface area (Å²) in [5, 5.41) is 12.8. The zero-order valence-corrected chi connectivity index (χ0v) is 11.0. The van der Waals surface area contributed by atoms with Crippen molar-refractivity contribution in [2.45, 2.75) is 31.8 Å². The lowest BCUT2D eigenvalue weighted by atomic mass is 9.86. The Bertz CT molecular complexity index is 563. The smallest absolute Gasteiger partial charge is 0.329 e. The van der Waals surface area contributed by atoms with Crippen LogP contribution < -0.4 is 22.3 Å². The highest BCUT2D eigenvalue weighted by Gasteiger charge is 2.23. The molecule has 1 aromatic heterocycles. The standard InChI is InChI=1S/C12H20N4O3/c1-16-10(13)9(11(18)15-12(16)19)14-6-7-4-2-3-5-8(7)17/h7-8,14,17H,2-6,13H2,1H3,(H,15,18,19). The molecule has 1 aliphatic rings. The van der Waals surface area contributed by atoms with Crippen molar-refractivity contribution in [2.75, 3.05) is 17.6 Å². The first kappa shape index (κ1) is 13.7. The van der Waals surface area contributed by atoms with Gasteiger partial charge < -0.3 is 16.2 Å². The molecule has 5 N–H and O–H groups in total. The highest BCUT2D eigenvalue weighted by atomic mass is 16.3. The van der Waals surface area contributed by atoms with Crippen molar-refractivity contribution in [3.05, 3.63) is 20.8 Å². The van der Waals surface area contributed by atoms with Crippen molar-refractivity contribution in [2.24, 2.45) is 13.0 Å². The van der Waals surface area contributed by atoms with E-state index in [0.717, 1.165) is 25.7 Å². The molecule has 1 fully saturated rings. The minimum absolute atomic E-state index is 0.110. The fourth-order valence-corrected chi connectivity index (χ4v) is 2.47. The van der Waals surface area contributed by atoms with Crippen LogP contribution in [0.15, 0.2) is 9.59 Å². The lowest BCUT2D eigenvalue weighted by Gasteiger charge is -2.28. The average molecular weight is 268 g/mol. The summed E-state index contributed by atoms with van der Waals surface area (Å²) in [6.45, 7) is 0.479. The molecule has 7 nitrogen and oxygen atoms in total. The summed E-state index contributed by atoms with van der Waals surface area (Å²) in [7, 11) is 1.49. The Balaban J connectivity index is 2.14. The number of rotatable bonds is 3. The molecule has 0 amide bonds. The van der Waals surface area contributed by atoms with E-state index in [1.807, 2.05) is 0 Å². The van der Waals surface area contributed by atoms with Gasteiger partial charge in [-0.05, 0) is 12.8 Å². The van der Waals surface area contributed by atoms with Crippen LogP contribution in [0.25, 0.3) is 0 Å². The van der Waals surface area contributed by atoms with Gasteiger partial charge >= 0.3 is 5.69 Å². The van der Waals surface area contributed by atoms with Crippen LogP contribution in [-0.2, 0) is 7.05 Å². The fourth-order valence-electron chi connectivity index (χ4n) is 2.47. The lowest BCUT2D eigenvalue weighted by molar-refractivity contribution is 0.0763. The number of nitrogens with two attached hydrogens (primary N) is 1. The van der Waals surface area contributed by atoms with E-state index in [4.69, 9.17) is 5.73 Å². The molecule has 1 heterocycles. The van der Waals surface area contributed by atoms with Crippen molar-refractivity contribution in [3.63, 3.8) is 0 Å². The quantitative estimate of drug-likeness (QED) is 0.597. The first-order valence-electron chi connectivity index (χ1n) is 6.51. The van der Waals surface area contributed by atoms with Gasteiger partial charge in [-0.1, -0.05) is 12.8 Å². The predicted octanol–water partition coefficient (Wildman–Crippen LogP) is -0.381. The van der Waals surface area contributed by atoms with Gasteiger partial charge in [0, 0.05) is 19.5 Å². The molecule has 106 valence electrons. The van der Waals surface area contributed by atoms with Crippen LogP contribution in [0.1, 0.15) is 25.7 Å². The van der Waals surface area contributed by atoms with Gasteiger partial charge in [0.1, 0.15) is 11.5 Å². The number of aromatic amines is 1. The number of hydrogen-bond donors (Lipinski definition) is 4. The Labute approximate surface area is 110 Å². The molecular weight excluding hydrogens is 248 g/mol. The van der Waals surface area contributed by atoms with E-state index in [0.29, 0.717) is 6.54 Å². The summed E-state index contributed by atoms with van der Waals surface area (Å²) in [4.78, 5) is 25.2. The molecule has 0 bridgehead atoms. The van der Waals surface area contributed by atoms with Crippen LogP contribution in [0.5, 0.6) is 0 Å². The number of hydrogen-bond acceptors (Lipinski definition) is 5. The van der Waals surface area contributed by atoms with Crippen molar-refractivity contribution >= 4 is 11.5 Å². The molecular formula is C12H20N4O3. The second kappa shape index (κ2) is 5.48. The minimum Gasteiger partial charge on any atom is -0.393 e. The van der Waals surface area contributed by atoms with E-state index < -0.39 is 11.2 Å². The van der Waals surface area contributed by atoms with E-state index in [2.05, 4.69) is 10.3 Å². The second-order valence-corrected chi connectivity index (χ2v) is 5.07. The highest BCUT2D eigenvalue weighted by molar-refractivity contribution is 5.60. The van der Waals surface area contributed by atoms with Gasteiger partial charge in [-0.3, -0.25) is 14.3 Å². The Kier molecular flexibility index (Phi) is 3.94. The Morgan fingerprint density at radius 2 is 2.11 bits per heavy atom. The Morgan fingerprint density at radius 3 is 2.79 bits per heavy atom. The Hall–Kier alpha value is -1.76. The van der Waals surface area contributed by atoms with Gasteiger partial charge in [0.2, 0.25) is 0 Å². The van der Waals surface area contributed by atoms with E-state index in [9.17, 15) is 14.7 Å². The maximum Gasteiger partial charge on any atom is 0.329 e. The molecule has 0 aromatic carbocycles.